The van der Waals surface area contributed by atoms with E-state index in [0.717, 1.165) is 43.9 Å². The average Bonchev–Trinajstić information content (AvgIpc) is 3.84. The van der Waals surface area contributed by atoms with Crippen LogP contribution in [0.25, 0.3) is 70.7 Å². The minimum atomic E-state index is -0.559. The van der Waals surface area contributed by atoms with Crippen LogP contribution in [0.3, 0.4) is 0 Å². The summed E-state index contributed by atoms with van der Waals surface area (Å²) in [4.78, 5) is 16.0. The lowest BCUT2D eigenvalue weighted by Gasteiger charge is -2.37. The number of aromatic nitrogens is 4. The quantitative estimate of drug-likeness (QED) is 0.153. The molecule has 4 nitrogen and oxygen atoms in total. The number of benzene rings is 8. The van der Waals surface area contributed by atoms with Crippen LogP contribution in [-0.4, -0.2) is 19.5 Å². The molecule has 0 spiro atoms. The highest BCUT2D eigenvalue weighted by atomic mass is 32.1. The van der Waals surface area contributed by atoms with Gasteiger partial charge < -0.3 is 0 Å². The first kappa shape index (κ1) is 33.2. The summed E-state index contributed by atoms with van der Waals surface area (Å²) in [5.74, 6) is 1.84. The van der Waals surface area contributed by atoms with E-state index in [4.69, 9.17) is 15.0 Å². The monoisotopic (exact) mass is 746 g/mol. The summed E-state index contributed by atoms with van der Waals surface area (Å²) in [6.07, 6.45) is 0. The van der Waals surface area contributed by atoms with Crippen molar-refractivity contribution in [3.05, 3.63) is 229 Å². The third kappa shape index (κ3) is 5.31. The van der Waals surface area contributed by atoms with Gasteiger partial charge in [0, 0.05) is 42.1 Å². The number of thiophene rings is 1. The Balaban J connectivity index is 1.16. The highest BCUT2D eigenvalue weighted by Gasteiger charge is 2.38. The summed E-state index contributed by atoms with van der Waals surface area (Å²) < 4.78 is 4.63. The fourth-order valence-corrected chi connectivity index (χ4v) is 9.88. The molecule has 8 aromatic carbocycles. The molecule has 0 saturated carbocycles. The molecule has 3 aromatic heterocycles. The molecule has 0 aliphatic carbocycles. The van der Waals surface area contributed by atoms with Crippen LogP contribution >= 0.6 is 11.3 Å². The van der Waals surface area contributed by atoms with Gasteiger partial charge in [0.1, 0.15) is 0 Å². The summed E-state index contributed by atoms with van der Waals surface area (Å²) in [7, 11) is 0. The molecule has 3 heterocycles. The lowest BCUT2D eigenvalue weighted by Crippen LogP contribution is -2.30. The highest BCUT2D eigenvalue weighted by molar-refractivity contribution is 7.25. The predicted molar refractivity (Wildman–Crippen MR) is 236 cm³/mol. The number of hydrogen-bond donors (Lipinski definition) is 0. The lowest BCUT2D eigenvalue weighted by molar-refractivity contribution is 0.745. The minimum absolute atomic E-state index is 0.559. The zero-order valence-corrected chi connectivity index (χ0v) is 31.6. The van der Waals surface area contributed by atoms with Gasteiger partial charge in [0.25, 0.3) is 0 Å². The van der Waals surface area contributed by atoms with Gasteiger partial charge in [-0.05, 0) is 46.5 Å². The molecule has 5 heteroatoms. The van der Waals surface area contributed by atoms with E-state index < -0.39 is 5.41 Å². The molecular weight excluding hydrogens is 713 g/mol. The Kier molecular flexibility index (Phi) is 7.86. The maximum atomic E-state index is 5.33. The van der Waals surface area contributed by atoms with Crippen LogP contribution in [0.4, 0.5) is 0 Å². The normalized spacial score (nSPS) is 11.9. The number of para-hydroxylation sites is 2. The first-order chi connectivity index (χ1) is 28.3. The smallest absolute Gasteiger partial charge is 0.238 e. The minimum Gasteiger partial charge on any atom is -0.278 e. The second-order valence-corrected chi connectivity index (χ2v) is 15.4. The second-order valence-electron chi connectivity index (χ2n) is 14.4. The largest absolute Gasteiger partial charge is 0.278 e. The Morgan fingerprint density at radius 1 is 0.368 bits per heavy atom. The summed E-state index contributed by atoms with van der Waals surface area (Å²) >= 11 is 1.80. The van der Waals surface area contributed by atoms with Crippen molar-refractivity contribution >= 4 is 53.3 Å². The van der Waals surface area contributed by atoms with Crippen LogP contribution < -0.4 is 0 Å². The van der Waals surface area contributed by atoms with Crippen molar-refractivity contribution in [2.24, 2.45) is 0 Å². The SMILES string of the molecule is c1ccc(C(c2ccccc2)(c2ccccc2)c2ccc(-c3nc(-c4cccc5sc6ccccc6c45)nc(-n4c5ccccc5c5ccccc54)n3)cc2)cc1. The Bertz CT molecular complexity index is 3070. The van der Waals surface area contributed by atoms with Crippen molar-refractivity contribution in [1.82, 2.24) is 19.5 Å². The van der Waals surface area contributed by atoms with Crippen LogP contribution in [0.2, 0.25) is 0 Å². The average molecular weight is 747 g/mol. The third-order valence-corrected chi connectivity index (χ3v) is 12.4. The van der Waals surface area contributed by atoms with E-state index in [-0.39, 0.29) is 0 Å². The first-order valence-electron chi connectivity index (χ1n) is 19.2. The first-order valence-corrected chi connectivity index (χ1v) is 20.0. The standard InChI is InChI=1S/C52H34N4S/c1-4-17-36(18-5-1)52(37-19-6-2-7-20-37,38-21-8-3-9-22-38)39-33-31-35(32-34-39)49-53-50(43-26-16-30-47-48(43)42-25-12-15-29-46(42)57-47)55-51(54-49)56-44-27-13-10-23-40(44)41-24-11-14-28-45(41)56/h1-34H. The van der Waals surface area contributed by atoms with Crippen molar-refractivity contribution in [3.63, 3.8) is 0 Å². The summed E-state index contributed by atoms with van der Waals surface area (Å²) in [6.45, 7) is 0. The topological polar surface area (TPSA) is 43.6 Å². The van der Waals surface area contributed by atoms with E-state index in [2.05, 4.69) is 211 Å². The van der Waals surface area contributed by atoms with Crippen LogP contribution in [-0.2, 0) is 5.41 Å². The van der Waals surface area contributed by atoms with Gasteiger partial charge in [0.2, 0.25) is 5.95 Å². The molecule has 11 aromatic rings. The molecule has 0 unspecified atom stereocenters. The fourth-order valence-electron chi connectivity index (χ4n) is 8.75. The molecule has 0 N–H and O–H groups in total. The lowest BCUT2D eigenvalue weighted by atomic mass is 9.65. The highest BCUT2D eigenvalue weighted by Crippen LogP contribution is 2.46. The van der Waals surface area contributed by atoms with E-state index in [1.807, 2.05) is 0 Å². The van der Waals surface area contributed by atoms with Crippen molar-refractivity contribution in [2.45, 2.75) is 5.41 Å². The Hall–Kier alpha value is -7.21. The molecule has 0 atom stereocenters. The van der Waals surface area contributed by atoms with Gasteiger partial charge >= 0.3 is 0 Å². The Morgan fingerprint density at radius 3 is 1.44 bits per heavy atom. The van der Waals surface area contributed by atoms with Gasteiger partial charge in [-0.2, -0.15) is 9.97 Å². The van der Waals surface area contributed by atoms with E-state index in [1.54, 1.807) is 11.3 Å². The van der Waals surface area contributed by atoms with Crippen LogP contribution in [0, 0.1) is 0 Å². The van der Waals surface area contributed by atoms with Gasteiger partial charge in [0.05, 0.1) is 16.4 Å². The summed E-state index contributed by atoms with van der Waals surface area (Å²) in [6, 6.07) is 73.3. The van der Waals surface area contributed by atoms with Crippen LogP contribution in [0.15, 0.2) is 206 Å². The third-order valence-electron chi connectivity index (χ3n) is 11.2. The molecule has 0 saturated heterocycles. The second kappa shape index (κ2) is 13.5. The predicted octanol–water partition coefficient (Wildman–Crippen LogP) is 13.1. The number of rotatable bonds is 7. The van der Waals surface area contributed by atoms with Gasteiger partial charge in [-0.15, -0.1) is 11.3 Å². The molecule has 0 bridgehead atoms. The molecule has 0 aliphatic heterocycles. The number of nitrogens with zero attached hydrogens (tertiary/aromatic N) is 4. The van der Waals surface area contributed by atoms with E-state index in [9.17, 15) is 0 Å². The molecule has 57 heavy (non-hydrogen) atoms. The van der Waals surface area contributed by atoms with Gasteiger partial charge in [-0.3, -0.25) is 4.57 Å². The van der Waals surface area contributed by atoms with Crippen molar-refractivity contribution in [2.75, 3.05) is 0 Å². The van der Waals surface area contributed by atoms with Crippen LogP contribution in [0.5, 0.6) is 0 Å². The van der Waals surface area contributed by atoms with E-state index in [1.165, 1.54) is 31.5 Å². The maximum Gasteiger partial charge on any atom is 0.238 e. The zero-order valence-electron chi connectivity index (χ0n) is 30.8. The Labute approximate surface area is 334 Å². The van der Waals surface area contributed by atoms with Crippen molar-refractivity contribution in [3.8, 4) is 28.7 Å². The molecule has 0 amide bonds. The van der Waals surface area contributed by atoms with Crippen molar-refractivity contribution < 1.29 is 0 Å². The van der Waals surface area contributed by atoms with Gasteiger partial charge in [-0.25, -0.2) is 4.98 Å². The maximum absolute atomic E-state index is 5.33. The number of hydrogen-bond acceptors (Lipinski definition) is 4. The molecule has 11 rings (SSSR count). The fraction of sp³-hybridized carbons (Fsp3) is 0.0192. The van der Waals surface area contributed by atoms with Crippen molar-refractivity contribution in [1.29, 1.82) is 0 Å². The number of fused-ring (bicyclic) bond motifs is 6. The van der Waals surface area contributed by atoms with E-state index in [0.29, 0.717) is 17.6 Å². The summed E-state index contributed by atoms with van der Waals surface area (Å²) in [5, 5.41) is 4.69. The Morgan fingerprint density at radius 2 is 0.842 bits per heavy atom. The zero-order chi connectivity index (χ0) is 37.8. The molecular formula is C52H34N4S. The summed E-state index contributed by atoms with van der Waals surface area (Å²) in [5.41, 5.74) is 8.19. The molecule has 0 fully saturated rings. The molecule has 268 valence electrons. The van der Waals surface area contributed by atoms with Crippen LogP contribution in [0.1, 0.15) is 22.3 Å². The van der Waals surface area contributed by atoms with Gasteiger partial charge in [0.15, 0.2) is 11.6 Å². The molecule has 0 radical (unpaired) electrons. The van der Waals surface area contributed by atoms with E-state index >= 15 is 0 Å². The molecule has 0 aliphatic rings. The van der Waals surface area contributed by atoms with Gasteiger partial charge in [-0.1, -0.05) is 182 Å².